The Morgan fingerprint density at radius 2 is 1.39 bits per heavy atom. The van der Waals surface area contributed by atoms with E-state index in [-0.39, 0.29) is 40.2 Å². The van der Waals surface area contributed by atoms with Gasteiger partial charge in [-0.15, -0.1) is 0 Å². The molecule has 0 atom stereocenters. The average molecular weight is 437 g/mol. The Kier molecular flexibility index (Phi) is 4.98. The van der Waals surface area contributed by atoms with E-state index >= 15 is 0 Å². The van der Waals surface area contributed by atoms with Crippen LogP contribution in [-0.4, -0.2) is 39.8 Å². The van der Waals surface area contributed by atoms with Crippen LogP contribution in [0.1, 0.15) is 49.5 Å². The summed E-state index contributed by atoms with van der Waals surface area (Å²) in [4.78, 5) is 52.0. The van der Waals surface area contributed by atoms with E-state index in [2.05, 4.69) is 0 Å². The molecule has 0 bridgehead atoms. The summed E-state index contributed by atoms with van der Waals surface area (Å²) in [6, 6.07) is 13.4. The maximum absolute atomic E-state index is 12.7. The summed E-state index contributed by atoms with van der Waals surface area (Å²) in [5.74, 6) is -1.22. The molecule has 3 aliphatic rings. The number of carbonyl (C=O) groups is 4. The third-order valence-corrected chi connectivity index (χ3v) is 6.06. The zero-order chi connectivity index (χ0) is 23.1. The number of likely N-dealkylation sites (tertiary alicyclic amines) is 1. The van der Waals surface area contributed by atoms with Gasteiger partial charge in [0.2, 0.25) is 5.91 Å². The molecule has 2 aromatic rings. The molecule has 1 fully saturated rings. The molecule has 1 amide bonds. The zero-order valence-electron chi connectivity index (χ0n) is 17.6. The lowest BCUT2D eigenvalue weighted by Gasteiger charge is -2.16. The summed E-state index contributed by atoms with van der Waals surface area (Å²) in [6.45, 7) is 0.486. The van der Waals surface area contributed by atoms with Gasteiger partial charge >= 0.3 is 0 Å². The molecule has 6 nitrogen and oxygen atoms in total. The Bertz CT molecular complexity index is 1340. The number of aliphatic hydroxyl groups is 1. The Labute approximate surface area is 189 Å². The highest BCUT2D eigenvalue weighted by Gasteiger charge is 2.32. The third-order valence-electron chi connectivity index (χ3n) is 6.06. The normalized spacial score (nSPS) is 18.1. The predicted molar refractivity (Wildman–Crippen MR) is 122 cm³/mol. The van der Waals surface area contributed by atoms with Gasteiger partial charge in [0.1, 0.15) is 5.76 Å². The van der Waals surface area contributed by atoms with Crippen molar-refractivity contribution in [3.63, 3.8) is 0 Å². The number of hydrogen-bond acceptors (Lipinski definition) is 5. The van der Waals surface area contributed by atoms with E-state index in [0.717, 1.165) is 0 Å². The Morgan fingerprint density at radius 3 is 1.94 bits per heavy atom. The summed E-state index contributed by atoms with van der Waals surface area (Å²) in [7, 11) is 0. The van der Waals surface area contributed by atoms with Gasteiger partial charge < -0.3 is 10.0 Å². The van der Waals surface area contributed by atoms with Gasteiger partial charge in [0.25, 0.3) is 0 Å². The molecule has 0 aromatic heterocycles. The van der Waals surface area contributed by atoms with Crippen LogP contribution < -0.4 is 0 Å². The monoisotopic (exact) mass is 437 g/mol. The number of amides is 1. The number of aliphatic hydroxyl groups excluding tert-OH is 1. The lowest BCUT2D eigenvalue weighted by Crippen LogP contribution is -2.23. The molecule has 1 heterocycles. The first kappa shape index (κ1) is 20.6. The SMILES string of the molecule is O=C1C(=C/C=C(/C=C/C2=C(O)c3ccccc3C2=O)N2CCCC2=O)C(=O)c2ccccc21. The molecule has 0 radical (unpaired) electrons. The number of rotatable bonds is 4. The molecule has 0 spiro atoms. The van der Waals surface area contributed by atoms with Crippen molar-refractivity contribution < 1.29 is 24.3 Å². The second kappa shape index (κ2) is 7.98. The number of benzene rings is 2. The van der Waals surface area contributed by atoms with Crippen LogP contribution in [0.25, 0.3) is 5.76 Å². The molecule has 162 valence electrons. The van der Waals surface area contributed by atoms with E-state index in [4.69, 9.17) is 0 Å². The highest BCUT2D eigenvalue weighted by molar-refractivity contribution is 6.39. The van der Waals surface area contributed by atoms with Gasteiger partial charge in [0.05, 0.1) is 11.1 Å². The molecule has 0 unspecified atom stereocenters. The first-order chi connectivity index (χ1) is 16.0. The average Bonchev–Trinajstić information content (AvgIpc) is 3.44. The number of fused-ring (bicyclic) bond motifs is 2. The highest BCUT2D eigenvalue weighted by Crippen LogP contribution is 2.32. The summed E-state index contributed by atoms with van der Waals surface area (Å²) in [5, 5.41) is 10.5. The zero-order valence-corrected chi connectivity index (χ0v) is 17.6. The van der Waals surface area contributed by atoms with Crippen LogP contribution in [0.15, 0.2) is 89.7 Å². The van der Waals surface area contributed by atoms with E-state index < -0.39 is 0 Å². The standard InChI is InChI=1S/C27H19NO5/c29-23-10-5-15-28(23)16(11-13-21-24(30)17-6-1-2-7-18(17)25(21)31)12-14-22-26(32)19-8-3-4-9-20(19)27(22)33/h1-4,6-9,11-14,30H,5,10,15H2/b13-11+,16-12-. The Morgan fingerprint density at radius 1 is 0.818 bits per heavy atom. The minimum absolute atomic E-state index is 0.0279. The Hall–Kier alpha value is -4.32. The molecule has 2 aliphatic carbocycles. The molecule has 6 heteroatoms. The number of hydrogen-bond donors (Lipinski definition) is 1. The van der Waals surface area contributed by atoms with Gasteiger partial charge in [-0.2, -0.15) is 0 Å². The lowest BCUT2D eigenvalue weighted by molar-refractivity contribution is -0.125. The molecular weight excluding hydrogens is 418 g/mol. The minimum atomic E-state index is -0.357. The Balaban J connectivity index is 1.52. The van der Waals surface area contributed by atoms with E-state index in [0.29, 0.717) is 47.3 Å². The number of nitrogens with zero attached hydrogens (tertiary/aromatic N) is 1. The molecule has 1 N–H and O–H groups in total. The largest absolute Gasteiger partial charge is 0.507 e. The van der Waals surface area contributed by atoms with Crippen molar-refractivity contribution in [3.05, 3.63) is 112 Å². The molecule has 0 saturated carbocycles. The van der Waals surface area contributed by atoms with Crippen molar-refractivity contribution in [1.82, 2.24) is 4.90 Å². The van der Waals surface area contributed by atoms with Gasteiger partial charge in [0.15, 0.2) is 17.3 Å². The van der Waals surface area contributed by atoms with E-state index in [9.17, 15) is 24.3 Å². The molecule has 33 heavy (non-hydrogen) atoms. The smallest absolute Gasteiger partial charge is 0.227 e. The summed E-state index contributed by atoms with van der Waals surface area (Å²) in [6.07, 6.45) is 7.08. The van der Waals surface area contributed by atoms with Crippen LogP contribution >= 0.6 is 0 Å². The second-order valence-electron chi connectivity index (χ2n) is 7.99. The fourth-order valence-electron chi connectivity index (χ4n) is 4.36. The van der Waals surface area contributed by atoms with Crippen LogP contribution in [0.3, 0.4) is 0 Å². The summed E-state index contributed by atoms with van der Waals surface area (Å²) >= 11 is 0. The van der Waals surface area contributed by atoms with Gasteiger partial charge in [-0.05, 0) is 30.7 Å². The van der Waals surface area contributed by atoms with E-state index in [1.165, 1.54) is 12.2 Å². The number of Topliss-reactive ketones (excluding diaryl/α,β-unsaturated/α-hetero) is 3. The minimum Gasteiger partial charge on any atom is -0.507 e. The van der Waals surface area contributed by atoms with Crippen LogP contribution in [0.2, 0.25) is 0 Å². The van der Waals surface area contributed by atoms with Crippen LogP contribution in [-0.2, 0) is 4.79 Å². The summed E-state index contributed by atoms with van der Waals surface area (Å²) < 4.78 is 0. The van der Waals surface area contributed by atoms with Gasteiger partial charge in [-0.1, -0.05) is 48.5 Å². The van der Waals surface area contributed by atoms with Crippen molar-refractivity contribution in [2.24, 2.45) is 0 Å². The third kappa shape index (κ3) is 3.36. The quantitative estimate of drug-likeness (QED) is 0.439. The summed E-state index contributed by atoms with van der Waals surface area (Å²) in [5.41, 5.74) is 2.20. The highest BCUT2D eigenvalue weighted by atomic mass is 16.3. The molecule has 1 saturated heterocycles. The second-order valence-corrected chi connectivity index (χ2v) is 7.99. The van der Waals surface area contributed by atoms with Gasteiger partial charge in [0, 0.05) is 40.9 Å². The first-order valence-electron chi connectivity index (χ1n) is 10.6. The first-order valence-corrected chi connectivity index (χ1v) is 10.6. The van der Waals surface area contributed by atoms with E-state index in [1.54, 1.807) is 65.6 Å². The molecule has 1 aliphatic heterocycles. The molecule has 5 rings (SSSR count). The fourth-order valence-corrected chi connectivity index (χ4v) is 4.36. The van der Waals surface area contributed by atoms with Crippen molar-refractivity contribution in [3.8, 4) is 0 Å². The van der Waals surface area contributed by atoms with Crippen LogP contribution in [0.5, 0.6) is 0 Å². The maximum atomic E-state index is 12.7. The van der Waals surface area contributed by atoms with E-state index in [1.807, 2.05) is 0 Å². The topological polar surface area (TPSA) is 91.8 Å². The maximum Gasteiger partial charge on any atom is 0.227 e. The molecular formula is C27H19NO5. The lowest BCUT2D eigenvalue weighted by atomic mass is 10.1. The van der Waals surface area contributed by atoms with Crippen LogP contribution in [0.4, 0.5) is 0 Å². The number of carbonyl (C=O) groups excluding carboxylic acids is 4. The fraction of sp³-hybridized carbons (Fsp3) is 0.111. The number of allylic oxidation sites excluding steroid dienone is 6. The van der Waals surface area contributed by atoms with Crippen molar-refractivity contribution >= 4 is 29.0 Å². The predicted octanol–water partition coefficient (Wildman–Crippen LogP) is 4.22. The van der Waals surface area contributed by atoms with Crippen molar-refractivity contribution in [1.29, 1.82) is 0 Å². The van der Waals surface area contributed by atoms with Crippen molar-refractivity contribution in [2.75, 3.05) is 6.54 Å². The van der Waals surface area contributed by atoms with Crippen LogP contribution in [0, 0.1) is 0 Å². The number of ketones is 3. The van der Waals surface area contributed by atoms with Gasteiger partial charge in [-0.3, -0.25) is 19.2 Å². The van der Waals surface area contributed by atoms with Crippen molar-refractivity contribution in [2.45, 2.75) is 12.8 Å². The van der Waals surface area contributed by atoms with Gasteiger partial charge in [-0.25, -0.2) is 0 Å². The molecule has 2 aromatic carbocycles.